The third-order valence-corrected chi connectivity index (χ3v) is 2.90. The minimum absolute atomic E-state index is 0.166. The predicted octanol–water partition coefficient (Wildman–Crippen LogP) is 1.43. The molecule has 0 fully saturated rings. The fourth-order valence-electron chi connectivity index (χ4n) is 1.62. The Labute approximate surface area is 120 Å². The molecule has 2 aromatic rings. The summed E-state index contributed by atoms with van der Waals surface area (Å²) in [6.07, 6.45) is 2.60. The maximum absolute atomic E-state index is 11.9. The van der Waals surface area contributed by atoms with Gasteiger partial charge in [0.15, 0.2) is 0 Å². The number of aryl methyl sites for hydroxylation is 1. The first-order chi connectivity index (χ1) is 9.45. The highest BCUT2D eigenvalue weighted by Crippen LogP contribution is 2.16. The lowest BCUT2D eigenvalue weighted by Crippen LogP contribution is -2.28. The Morgan fingerprint density at radius 1 is 1.50 bits per heavy atom. The molecule has 0 radical (unpaired) electrons. The smallest absolute Gasteiger partial charge is 0.348 e. The van der Waals surface area contributed by atoms with Gasteiger partial charge in [-0.15, -0.1) is 0 Å². The van der Waals surface area contributed by atoms with Gasteiger partial charge in [0.25, 0.3) is 0 Å². The molecule has 0 saturated heterocycles. The molecule has 0 unspecified atom stereocenters. The van der Waals surface area contributed by atoms with Gasteiger partial charge in [0.2, 0.25) is 5.91 Å². The van der Waals surface area contributed by atoms with E-state index < -0.39 is 5.69 Å². The molecule has 7 heteroatoms. The number of nitrogens with two attached hydrogens (primary N) is 1. The summed E-state index contributed by atoms with van der Waals surface area (Å²) in [6, 6.07) is 5.20. The molecule has 3 N–H and O–H groups in total. The zero-order chi connectivity index (χ0) is 14.7. The van der Waals surface area contributed by atoms with Crippen LogP contribution in [0.4, 0.5) is 11.4 Å². The second kappa shape index (κ2) is 5.75. The number of nitrogens with zero attached hydrogens (tertiary/aromatic N) is 2. The number of nitrogens with one attached hydrogen (secondary N) is 1. The molecule has 2 rings (SSSR count). The molecule has 0 bridgehead atoms. The average molecular weight is 293 g/mol. The first kappa shape index (κ1) is 14.1. The van der Waals surface area contributed by atoms with E-state index in [0.29, 0.717) is 11.4 Å². The Balaban J connectivity index is 2.11. The molecule has 20 heavy (non-hydrogen) atoms. The van der Waals surface area contributed by atoms with Crippen molar-refractivity contribution in [2.45, 2.75) is 13.5 Å². The fourth-order valence-corrected chi connectivity index (χ4v) is 1.78. The number of benzene rings is 1. The number of nitrogen functional groups attached to an aromatic ring is 1. The average Bonchev–Trinajstić information content (AvgIpc) is 2.38. The van der Waals surface area contributed by atoms with E-state index in [1.165, 1.54) is 12.4 Å². The van der Waals surface area contributed by atoms with Crippen LogP contribution in [0.5, 0.6) is 0 Å². The molecule has 0 aliphatic carbocycles. The Bertz CT molecular complexity index is 712. The van der Waals surface area contributed by atoms with Crippen LogP contribution >= 0.6 is 11.6 Å². The van der Waals surface area contributed by atoms with Crippen LogP contribution in [-0.2, 0) is 11.3 Å². The van der Waals surface area contributed by atoms with E-state index >= 15 is 0 Å². The quantitative estimate of drug-likeness (QED) is 0.837. The summed E-state index contributed by atoms with van der Waals surface area (Å²) < 4.78 is 1.13. The van der Waals surface area contributed by atoms with Gasteiger partial charge < -0.3 is 11.1 Å². The van der Waals surface area contributed by atoms with Crippen LogP contribution in [0.2, 0.25) is 5.02 Å². The van der Waals surface area contributed by atoms with Crippen molar-refractivity contribution in [3.8, 4) is 0 Å². The monoisotopic (exact) mass is 292 g/mol. The summed E-state index contributed by atoms with van der Waals surface area (Å²) in [7, 11) is 0. The minimum atomic E-state index is -0.534. The second-order valence-electron chi connectivity index (χ2n) is 4.30. The molecule has 1 aromatic heterocycles. The Hall–Kier alpha value is -2.34. The summed E-state index contributed by atoms with van der Waals surface area (Å²) in [6.45, 7) is 1.71. The third-order valence-electron chi connectivity index (χ3n) is 2.70. The minimum Gasteiger partial charge on any atom is -0.398 e. The molecule has 1 heterocycles. The number of halogens is 1. The molecule has 104 valence electrons. The fraction of sp³-hybridized carbons (Fsp3) is 0.154. The van der Waals surface area contributed by atoms with Crippen LogP contribution in [0.25, 0.3) is 0 Å². The molecule has 0 aliphatic heterocycles. The van der Waals surface area contributed by atoms with Crippen LogP contribution in [0, 0.1) is 6.92 Å². The van der Waals surface area contributed by atoms with Crippen LogP contribution in [0.15, 0.2) is 35.4 Å². The normalized spacial score (nSPS) is 10.3. The van der Waals surface area contributed by atoms with Gasteiger partial charge in [0.05, 0.1) is 11.2 Å². The molecular weight excluding hydrogens is 280 g/mol. The number of carbonyl (C=O) groups excluding carboxylic acids is 1. The molecule has 0 aliphatic rings. The summed E-state index contributed by atoms with van der Waals surface area (Å²) in [5, 5.41) is 2.94. The largest absolute Gasteiger partial charge is 0.398 e. The number of hydrogen-bond donors (Lipinski definition) is 2. The van der Waals surface area contributed by atoms with Crippen LogP contribution in [0.1, 0.15) is 5.56 Å². The van der Waals surface area contributed by atoms with Crippen molar-refractivity contribution >= 4 is 28.9 Å². The van der Waals surface area contributed by atoms with Crippen LogP contribution < -0.4 is 16.7 Å². The molecule has 0 atom stereocenters. The van der Waals surface area contributed by atoms with E-state index in [9.17, 15) is 9.59 Å². The van der Waals surface area contributed by atoms with E-state index in [-0.39, 0.29) is 17.5 Å². The van der Waals surface area contributed by atoms with E-state index in [1.807, 2.05) is 6.92 Å². The molecule has 1 amide bonds. The number of hydrogen-bond acceptors (Lipinski definition) is 4. The standard InChI is InChI=1S/C13H13ClN4O2/c1-8-2-3-10(4-11(8)15)17-12(19)7-18-6-9(14)5-16-13(18)20/h2-6H,7,15H2,1H3,(H,17,19). The van der Waals surface area contributed by atoms with Crippen LogP contribution in [-0.4, -0.2) is 15.5 Å². The van der Waals surface area contributed by atoms with Gasteiger partial charge in [-0.1, -0.05) is 17.7 Å². The number of rotatable bonds is 3. The third kappa shape index (κ3) is 3.36. The summed E-state index contributed by atoms with van der Waals surface area (Å²) in [5.74, 6) is -0.362. The second-order valence-corrected chi connectivity index (χ2v) is 4.74. The topological polar surface area (TPSA) is 90.0 Å². The van der Waals surface area contributed by atoms with Crippen molar-refractivity contribution in [3.05, 3.63) is 51.7 Å². The first-order valence-corrected chi connectivity index (χ1v) is 6.21. The highest BCUT2D eigenvalue weighted by Gasteiger charge is 2.07. The van der Waals surface area contributed by atoms with Crippen molar-refractivity contribution in [3.63, 3.8) is 0 Å². The van der Waals surface area contributed by atoms with Gasteiger partial charge in [-0.2, -0.15) is 0 Å². The predicted molar refractivity (Wildman–Crippen MR) is 77.7 cm³/mol. The van der Waals surface area contributed by atoms with E-state index in [0.717, 1.165) is 10.1 Å². The number of amides is 1. The molecular formula is C13H13ClN4O2. The lowest BCUT2D eigenvalue weighted by molar-refractivity contribution is -0.116. The van der Waals surface area contributed by atoms with Crippen molar-refractivity contribution < 1.29 is 4.79 Å². The lowest BCUT2D eigenvalue weighted by atomic mass is 10.2. The lowest BCUT2D eigenvalue weighted by Gasteiger charge is -2.08. The molecule has 1 aromatic carbocycles. The number of aromatic nitrogens is 2. The van der Waals surface area contributed by atoms with Crippen LogP contribution in [0.3, 0.4) is 0 Å². The van der Waals surface area contributed by atoms with Gasteiger partial charge in [0.1, 0.15) is 6.54 Å². The SMILES string of the molecule is Cc1ccc(NC(=O)Cn2cc(Cl)cnc2=O)cc1N. The maximum Gasteiger partial charge on any atom is 0.348 e. The van der Waals surface area contributed by atoms with Crippen molar-refractivity contribution in [1.29, 1.82) is 0 Å². The van der Waals surface area contributed by atoms with Gasteiger partial charge >= 0.3 is 5.69 Å². The van der Waals surface area contributed by atoms with Gasteiger partial charge in [-0.05, 0) is 24.6 Å². The zero-order valence-corrected chi connectivity index (χ0v) is 11.5. The summed E-state index contributed by atoms with van der Waals surface area (Å²) in [5.41, 5.74) is 7.31. The van der Waals surface area contributed by atoms with E-state index in [2.05, 4.69) is 10.3 Å². The zero-order valence-electron chi connectivity index (χ0n) is 10.8. The highest BCUT2D eigenvalue weighted by molar-refractivity contribution is 6.30. The van der Waals surface area contributed by atoms with Gasteiger partial charge in [-0.3, -0.25) is 9.36 Å². The van der Waals surface area contributed by atoms with Crippen molar-refractivity contribution in [1.82, 2.24) is 9.55 Å². The Morgan fingerprint density at radius 2 is 2.25 bits per heavy atom. The van der Waals surface area contributed by atoms with Crippen molar-refractivity contribution in [2.24, 2.45) is 0 Å². The Kier molecular flexibility index (Phi) is 4.05. The molecule has 0 saturated carbocycles. The molecule has 0 spiro atoms. The molecule has 6 nitrogen and oxygen atoms in total. The Morgan fingerprint density at radius 3 is 2.95 bits per heavy atom. The van der Waals surface area contributed by atoms with Gasteiger partial charge in [-0.25, -0.2) is 9.78 Å². The highest BCUT2D eigenvalue weighted by atomic mass is 35.5. The summed E-state index contributed by atoms with van der Waals surface area (Å²) >= 11 is 5.73. The first-order valence-electron chi connectivity index (χ1n) is 5.83. The maximum atomic E-state index is 11.9. The summed E-state index contributed by atoms with van der Waals surface area (Å²) in [4.78, 5) is 26.9. The van der Waals surface area contributed by atoms with E-state index in [4.69, 9.17) is 17.3 Å². The van der Waals surface area contributed by atoms with Crippen molar-refractivity contribution in [2.75, 3.05) is 11.1 Å². The number of anilines is 2. The van der Waals surface area contributed by atoms with Gasteiger partial charge in [0, 0.05) is 17.6 Å². The number of carbonyl (C=O) groups is 1. The van der Waals surface area contributed by atoms with E-state index in [1.54, 1.807) is 18.2 Å².